The van der Waals surface area contributed by atoms with Crippen molar-refractivity contribution in [3.63, 3.8) is 0 Å². The van der Waals surface area contributed by atoms with Gasteiger partial charge in [-0.25, -0.2) is 4.79 Å². The van der Waals surface area contributed by atoms with Crippen molar-refractivity contribution < 1.29 is 14.7 Å². The van der Waals surface area contributed by atoms with Gasteiger partial charge < -0.3 is 10.4 Å². The maximum absolute atomic E-state index is 11.5. The van der Waals surface area contributed by atoms with E-state index < -0.39 is 5.97 Å². The summed E-state index contributed by atoms with van der Waals surface area (Å²) in [6, 6.07) is 0. The zero-order chi connectivity index (χ0) is 15.1. The van der Waals surface area contributed by atoms with E-state index in [4.69, 9.17) is 0 Å². The molecule has 0 spiro atoms. The standard InChI is InChI=1S/C15H21NO3S/c1-8(17)16-13-12(14(18)19)10-6-5-9(15(2,3)4)7-11(10)20-13/h9H,5-7H2,1-4H3,(H,16,17)(H,18,19)/t9-/m0/s1. The average Bonchev–Trinajstić information content (AvgIpc) is 2.63. The van der Waals surface area contributed by atoms with Crippen LogP contribution >= 0.6 is 11.3 Å². The zero-order valence-corrected chi connectivity index (χ0v) is 13.2. The second-order valence-corrected chi connectivity index (χ2v) is 7.61. The molecule has 1 aliphatic rings. The van der Waals surface area contributed by atoms with Gasteiger partial charge in [0.2, 0.25) is 5.91 Å². The van der Waals surface area contributed by atoms with Gasteiger partial charge in [-0.05, 0) is 36.2 Å². The molecule has 0 bridgehead atoms. The third-order valence-corrected chi connectivity index (χ3v) is 5.16. The number of aromatic carboxylic acids is 1. The van der Waals surface area contributed by atoms with Gasteiger partial charge in [0.25, 0.3) is 0 Å². The Bertz CT molecular complexity index is 554. The Hall–Kier alpha value is -1.36. The molecule has 1 aromatic rings. The van der Waals surface area contributed by atoms with Crippen LogP contribution in [0, 0.1) is 11.3 Å². The molecule has 1 aliphatic carbocycles. The highest BCUT2D eigenvalue weighted by molar-refractivity contribution is 7.17. The lowest BCUT2D eigenvalue weighted by atomic mass is 9.72. The first-order valence-electron chi connectivity index (χ1n) is 6.85. The molecule has 0 fully saturated rings. The van der Waals surface area contributed by atoms with Crippen LogP contribution in [0.15, 0.2) is 0 Å². The SMILES string of the molecule is CC(=O)Nc1sc2c(c1C(=O)O)CC[C@H](C(C)(C)C)C2. The summed E-state index contributed by atoms with van der Waals surface area (Å²) >= 11 is 1.43. The molecule has 0 aromatic carbocycles. The second kappa shape index (κ2) is 5.20. The fraction of sp³-hybridized carbons (Fsp3) is 0.600. The van der Waals surface area contributed by atoms with Gasteiger partial charge in [0.15, 0.2) is 0 Å². The van der Waals surface area contributed by atoms with Gasteiger partial charge in [0, 0.05) is 11.8 Å². The van der Waals surface area contributed by atoms with E-state index in [-0.39, 0.29) is 11.3 Å². The summed E-state index contributed by atoms with van der Waals surface area (Å²) in [5.41, 5.74) is 1.44. The molecule has 0 saturated carbocycles. The number of anilines is 1. The number of nitrogens with one attached hydrogen (secondary N) is 1. The Morgan fingerprint density at radius 3 is 2.50 bits per heavy atom. The molecule has 1 aromatic heterocycles. The van der Waals surface area contributed by atoms with Crippen molar-refractivity contribution in [3.8, 4) is 0 Å². The number of fused-ring (bicyclic) bond motifs is 1. The normalized spacial score (nSPS) is 18.5. The second-order valence-electron chi connectivity index (χ2n) is 6.50. The molecule has 1 amide bonds. The van der Waals surface area contributed by atoms with Crippen LogP contribution in [0.4, 0.5) is 5.00 Å². The number of carboxylic acid groups (broad SMARTS) is 1. The average molecular weight is 295 g/mol. The lowest BCUT2D eigenvalue weighted by Crippen LogP contribution is -2.26. The van der Waals surface area contributed by atoms with Crippen molar-refractivity contribution >= 4 is 28.2 Å². The lowest BCUT2D eigenvalue weighted by molar-refractivity contribution is -0.114. The van der Waals surface area contributed by atoms with Crippen LogP contribution in [0.1, 0.15) is 54.9 Å². The van der Waals surface area contributed by atoms with E-state index in [1.165, 1.54) is 18.3 Å². The molecule has 110 valence electrons. The molecule has 5 heteroatoms. The molecule has 0 unspecified atom stereocenters. The largest absolute Gasteiger partial charge is 0.478 e. The Morgan fingerprint density at radius 1 is 1.35 bits per heavy atom. The van der Waals surface area contributed by atoms with Gasteiger partial charge in [-0.15, -0.1) is 11.3 Å². The van der Waals surface area contributed by atoms with Crippen LogP contribution in [0.3, 0.4) is 0 Å². The van der Waals surface area contributed by atoms with E-state index in [1.54, 1.807) is 0 Å². The summed E-state index contributed by atoms with van der Waals surface area (Å²) in [5, 5.41) is 12.6. The summed E-state index contributed by atoms with van der Waals surface area (Å²) in [5.74, 6) is -0.612. The first-order valence-corrected chi connectivity index (χ1v) is 7.67. The third kappa shape index (κ3) is 2.87. The topological polar surface area (TPSA) is 66.4 Å². The highest BCUT2D eigenvalue weighted by atomic mass is 32.1. The Kier molecular flexibility index (Phi) is 3.91. The van der Waals surface area contributed by atoms with E-state index in [0.29, 0.717) is 16.5 Å². The van der Waals surface area contributed by atoms with Crippen LogP contribution in [0.25, 0.3) is 0 Å². The number of carbonyl (C=O) groups excluding carboxylic acids is 1. The molecule has 0 radical (unpaired) electrons. The third-order valence-electron chi connectivity index (χ3n) is 3.99. The van der Waals surface area contributed by atoms with Crippen LogP contribution < -0.4 is 5.32 Å². The number of carbonyl (C=O) groups is 2. The molecule has 1 atom stereocenters. The molecule has 20 heavy (non-hydrogen) atoms. The summed E-state index contributed by atoms with van der Waals surface area (Å²) in [6.45, 7) is 8.08. The van der Waals surface area contributed by atoms with Crippen LogP contribution in [0.5, 0.6) is 0 Å². The van der Waals surface area contributed by atoms with Gasteiger partial charge in [0.05, 0.1) is 5.56 Å². The molecule has 0 saturated heterocycles. The summed E-state index contributed by atoms with van der Waals surface area (Å²) < 4.78 is 0. The predicted molar refractivity (Wildman–Crippen MR) is 80.6 cm³/mol. The van der Waals surface area contributed by atoms with Crippen molar-refractivity contribution in [1.29, 1.82) is 0 Å². The minimum atomic E-state index is -0.944. The molecule has 0 aliphatic heterocycles. The van der Waals surface area contributed by atoms with Gasteiger partial charge in [-0.1, -0.05) is 20.8 Å². The summed E-state index contributed by atoms with van der Waals surface area (Å²) in [7, 11) is 0. The predicted octanol–water partition coefficient (Wildman–Crippen LogP) is 3.56. The van der Waals surface area contributed by atoms with Crippen LogP contribution in [-0.4, -0.2) is 17.0 Å². The molecular weight excluding hydrogens is 274 g/mol. The van der Waals surface area contributed by atoms with E-state index in [2.05, 4.69) is 26.1 Å². The number of carboxylic acids is 1. The maximum atomic E-state index is 11.5. The van der Waals surface area contributed by atoms with Gasteiger partial charge >= 0.3 is 5.97 Å². The van der Waals surface area contributed by atoms with Crippen LogP contribution in [-0.2, 0) is 17.6 Å². The van der Waals surface area contributed by atoms with Crippen molar-refractivity contribution in [2.24, 2.45) is 11.3 Å². The molecule has 1 heterocycles. The quantitative estimate of drug-likeness (QED) is 0.876. The maximum Gasteiger partial charge on any atom is 0.339 e. The Morgan fingerprint density at radius 2 is 2.00 bits per heavy atom. The van der Waals surface area contributed by atoms with E-state index in [9.17, 15) is 14.7 Å². The fourth-order valence-electron chi connectivity index (χ4n) is 2.80. The molecular formula is C15H21NO3S. The highest BCUT2D eigenvalue weighted by Gasteiger charge is 2.33. The van der Waals surface area contributed by atoms with Crippen molar-refractivity contribution in [2.45, 2.75) is 47.0 Å². The minimum absolute atomic E-state index is 0.221. The Balaban J connectivity index is 2.39. The number of hydrogen-bond acceptors (Lipinski definition) is 3. The minimum Gasteiger partial charge on any atom is -0.478 e. The van der Waals surface area contributed by atoms with E-state index in [1.807, 2.05) is 0 Å². The highest BCUT2D eigenvalue weighted by Crippen LogP contribution is 2.44. The molecule has 4 nitrogen and oxygen atoms in total. The zero-order valence-electron chi connectivity index (χ0n) is 12.4. The van der Waals surface area contributed by atoms with Gasteiger partial charge in [-0.2, -0.15) is 0 Å². The fourth-order valence-corrected chi connectivity index (χ4v) is 4.16. The van der Waals surface area contributed by atoms with Gasteiger partial charge in [-0.3, -0.25) is 4.79 Å². The number of thiophene rings is 1. The number of rotatable bonds is 2. The van der Waals surface area contributed by atoms with Crippen LogP contribution in [0.2, 0.25) is 0 Å². The monoisotopic (exact) mass is 295 g/mol. The van der Waals surface area contributed by atoms with Gasteiger partial charge in [0.1, 0.15) is 5.00 Å². The summed E-state index contributed by atoms with van der Waals surface area (Å²) in [6.07, 6.45) is 2.70. The van der Waals surface area contributed by atoms with Crippen molar-refractivity contribution in [1.82, 2.24) is 0 Å². The lowest BCUT2D eigenvalue weighted by Gasteiger charge is -2.33. The van der Waals surface area contributed by atoms with E-state index in [0.717, 1.165) is 29.7 Å². The molecule has 2 rings (SSSR count). The van der Waals surface area contributed by atoms with E-state index >= 15 is 0 Å². The Labute approximate surface area is 123 Å². The number of hydrogen-bond donors (Lipinski definition) is 2. The first kappa shape index (κ1) is 15.0. The van der Waals surface area contributed by atoms with Crippen molar-refractivity contribution in [3.05, 3.63) is 16.0 Å². The number of amides is 1. The smallest absolute Gasteiger partial charge is 0.339 e. The van der Waals surface area contributed by atoms with Crippen molar-refractivity contribution in [2.75, 3.05) is 5.32 Å². The molecule has 2 N–H and O–H groups in total. The first-order chi connectivity index (χ1) is 9.20. The summed E-state index contributed by atoms with van der Waals surface area (Å²) in [4.78, 5) is 23.8.